The molecule has 0 saturated carbocycles. The molecule has 0 spiro atoms. The summed E-state index contributed by atoms with van der Waals surface area (Å²) in [5, 5.41) is 15.4. The second-order valence-corrected chi connectivity index (χ2v) is 6.50. The molecule has 0 fully saturated rings. The summed E-state index contributed by atoms with van der Waals surface area (Å²) in [6.07, 6.45) is 1.66. The minimum atomic E-state index is -3.68. The number of rotatable bonds is 9. The van der Waals surface area contributed by atoms with Gasteiger partial charge in [-0.05, 0) is 33.6 Å². The summed E-state index contributed by atoms with van der Waals surface area (Å²) in [6.45, 7) is 6.16. The fourth-order valence-corrected chi connectivity index (χ4v) is 2.92. The van der Waals surface area contributed by atoms with Crippen LogP contribution in [0.1, 0.15) is 37.9 Å². The van der Waals surface area contributed by atoms with Crippen LogP contribution in [0.5, 0.6) is 0 Å². The van der Waals surface area contributed by atoms with Crippen LogP contribution in [-0.2, 0) is 21.4 Å². The highest BCUT2D eigenvalue weighted by molar-refractivity contribution is 7.89. The normalized spacial score (nSPS) is 12.2. The zero-order chi connectivity index (χ0) is 15.2. The van der Waals surface area contributed by atoms with Gasteiger partial charge in [-0.15, -0.1) is 0 Å². The second-order valence-electron chi connectivity index (χ2n) is 4.81. The Morgan fingerprint density at radius 2 is 2.10 bits per heavy atom. The summed E-state index contributed by atoms with van der Waals surface area (Å²) in [7, 11) is -3.68. The fraction of sp³-hybridized carbons (Fsp3) is 0.750. The van der Waals surface area contributed by atoms with Crippen molar-refractivity contribution in [2.24, 2.45) is 0 Å². The Kier molecular flexibility index (Phi) is 6.60. The van der Waals surface area contributed by atoms with Crippen LogP contribution in [0.15, 0.2) is 5.03 Å². The molecule has 3 N–H and O–H groups in total. The first-order valence-corrected chi connectivity index (χ1v) is 8.12. The number of aromatic nitrogens is 2. The van der Waals surface area contributed by atoms with Gasteiger partial charge in [-0.3, -0.25) is 5.10 Å². The third-order valence-corrected chi connectivity index (χ3v) is 4.19. The SMILES string of the molecule is Cc1[nH]nc(S(=O)(=O)NCCCCOC(C)C)c1CO. The summed E-state index contributed by atoms with van der Waals surface area (Å²) in [5.74, 6) is 0. The predicted molar refractivity (Wildman–Crippen MR) is 74.8 cm³/mol. The van der Waals surface area contributed by atoms with E-state index in [1.54, 1.807) is 6.92 Å². The molecule has 0 amide bonds. The van der Waals surface area contributed by atoms with E-state index in [-0.39, 0.29) is 17.7 Å². The van der Waals surface area contributed by atoms with Crippen LogP contribution in [0.25, 0.3) is 0 Å². The zero-order valence-electron chi connectivity index (χ0n) is 12.1. The number of hydrogen-bond donors (Lipinski definition) is 3. The van der Waals surface area contributed by atoms with Crippen molar-refractivity contribution in [2.75, 3.05) is 13.2 Å². The lowest BCUT2D eigenvalue weighted by Gasteiger charge is -2.08. The number of nitrogens with zero attached hydrogens (tertiary/aromatic N) is 1. The molecule has 0 saturated heterocycles. The molecule has 0 unspecified atom stereocenters. The van der Waals surface area contributed by atoms with Gasteiger partial charge >= 0.3 is 0 Å². The van der Waals surface area contributed by atoms with E-state index in [4.69, 9.17) is 4.74 Å². The smallest absolute Gasteiger partial charge is 0.260 e. The molecule has 8 heteroatoms. The number of aliphatic hydroxyl groups excluding tert-OH is 1. The third kappa shape index (κ3) is 4.86. The van der Waals surface area contributed by atoms with E-state index >= 15 is 0 Å². The van der Waals surface area contributed by atoms with Crippen LogP contribution in [0.2, 0.25) is 0 Å². The lowest BCUT2D eigenvalue weighted by Crippen LogP contribution is -2.26. The van der Waals surface area contributed by atoms with Crippen molar-refractivity contribution in [3.05, 3.63) is 11.3 Å². The highest BCUT2D eigenvalue weighted by Gasteiger charge is 2.22. The van der Waals surface area contributed by atoms with Crippen LogP contribution < -0.4 is 4.72 Å². The van der Waals surface area contributed by atoms with Crippen molar-refractivity contribution >= 4 is 10.0 Å². The van der Waals surface area contributed by atoms with E-state index in [1.165, 1.54) is 0 Å². The van der Waals surface area contributed by atoms with Gasteiger partial charge in [-0.1, -0.05) is 0 Å². The largest absolute Gasteiger partial charge is 0.392 e. The number of aliphatic hydroxyl groups is 1. The average molecular weight is 305 g/mol. The summed E-state index contributed by atoms with van der Waals surface area (Å²) in [5.41, 5.74) is 0.860. The molecular weight excluding hydrogens is 282 g/mol. The minimum absolute atomic E-state index is 0.129. The number of unbranched alkanes of at least 4 members (excludes halogenated alkanes) is 1. The number of aromatic amines is 1. The van der Waals surface area contributed by atoms with E-state index in [9.17, 15) is 13.5 Å². The molecule has 0 aliphatic heterocycles. The molecule has 0 aromatic carbocycles. The average Bonchev–Trinajstić information content (AvgIpc) is 2.75. The van der Waals surface area contributed by atoms with E-state index in [2.05, 4.69) is 14.9 Å². The number of nitrogens with one attached hydrogen (secondary N) is 2. The first kappa shape index (κ1) is 17.1. The summed E-state index contributed by atoms with van der Waals surface area (Å²) in [6, 6.07) is 0. The van der Waals surface area contributed by atoms with Crippen LogP contribution in [0, 0.1) is 6.92 Å². The van der Waals surface area contributed by atoms with Crippen molar-refractivity contribution < 1.29 is 18.3 Å². The maximum absolute atomic E-state index is 12.0. The topological polar surface area (TPSA) is 104 Å². The Morgan fingerprint density at radius 3 is 2.70 bits per heavy atom. The summed E-state index contributed by atoms with van der Waals surface area (Å²) >= 11 is 0. The van der Waals surface area contributed by atoms with E-state index in [0.29, 0.717) is 30.8 Å². The molecule has 1 aromatic heterocycles. The Labute approximate surface area is 119 Å². The Hall–Kier alpha value is -0.960. The van der Waals surface area contributed by atoms with Gasteiger partial charge in [0.05, 0.1) is 12.7 Å². The maximum Gasteiger partial charge on any atom is 0.260 e. The van der Waals surface area contributed by atoms with Crippen molar-refractivity contribution in [3.8, 4) is 0 Å². The lowest BCUT2D eigenvalue weighted by molar-refractivity contribution is 0.0762. The standard InChI is InChI=1S/C12H23N3O4S/c1-9(2)19-7-5-4-6-13-20(17,18)12-11(8-16)10(3)14-15-12/h9,13,16H,4-8H2,1-3H3,(H,14,15). The monoisotopic (exact) mass is 305 g/mol. The minimum Gasteiger partial charge on any atom is -0.392 e. The molecule has 1 rings (SSSR count). The molecule has 1 aromatic rings. The van der Waals surface area contributed by atoms with Gasteiger partial charge in [0, 0.05) is 24.4 Å². The van der Waals surface area contributed by atoms with Gasteiger partial charge < -0.3 is 9.84 Å². The summed E-state index contributed by atoms with van der Waals surface area (Å²) < 4.78 is 31.9. The zero-order valence-corrected chi connectivity index (χ0v) is 13.0. The molecule has 20 heavy (non-hydrogen) atoms. The number of aryl methyl sites for hydroxylation is 1. The molecule has 1 heterocycles. The van der Waals surface area contributed by atoms with Crippen molar-refractivity contribution in [1.29, 1.82) is 0 Å². The highest BCUT2D eigenvalue weighted by Crippen LogP contribution is 2.15. The highest BCUT2D eigenvalue weighted by atomic mass is 32.2. The van der Waals surface area contributed by atoms with E-state index < -0.39 is 10.0 Å². The van der Waals surface area contributed by atoms with Crippen LogP contribution in [0.3, 0.4) is 0 Å². The van der Waals surface area contributed by atoms with Gasteiger partial charge in [0.25, 0.3) is 10.0 Å². The Balaban J connectivity index is 2.46. The quantitative estimate of drug-likeness (QED) is 0.582. The number of ether oxygens (including phenoxy) is 1. The molecule has 0 aliphatic carbocycles. The lowest BCUT2D eigenvalue weighted by atomic mass is 10.3. The third-order valence-electron chi connectivity index (χ3n) is 2.76. The van der Waals surface area contributed by atoms with Crippen LogP contribution in [0.4, 0.5) is 0 Å². The molecule has 0 atom stereocenters. The van der Waals surface area contributed by atoms with Gasteiger partial charge in [0.1, 0.15) is 0 Å². The molecule has 0 bridgehead atoms. The molecule has 0 radical (unpaired) electrons. The maximum atomic E-state index is 12.0. The first-order valence-electron chi connectivity index (χ1n) is 6.64. The van der Waals surface area contributed by atoms with Crippen LogP contribution >= 0.6 is 0 Å². The number of sulfonamides is 1. The summed E-state index contributed by atoms with van der Waals surface area (Å²) in [4.78, 5) is 0. The van der Waals surface area contributed by atoms with Gasteiger partial charge in [-0.2, -0.15) is 5.10 Å². The predicted octanol–water partition coefficient (Wildman–Crippen LogP) is 0.694. The van der Waals surface area contributed by atoms with E-state index in [0.717, 1.165) is 6.42 Å². The van der Waals surface area contributed by atoms with Gasteiger partial charge in [0.15, 0.2) is 5.03 Å². The van der Waals surface area contributed by atoms with Crippen molar-refractivity contribution in [2.45, 2.75) is 51.3 Å². The molecule has 0 aliphatic rings. The van der Waals surface area contributed by atoms with Crippen molar-refractivity contribution in [3.63, 3.8) is 0 Å². The Morgan fingerprint density at radius 1 is 1.40 bits per heavy atom. The molecule has 116 valence electrons. The Bertz CT molecular complexity index is 511. The number of hydrogen-bond acceptors (Lipinski definition) is 5. The molecular formula is C12H23N3O4S. The van der Waals surface area contributed by atoms with Gasteiger partial charge in [-0.25, -0.2) is 13.1 Å². The van der Waals surface area contributed by atoms with Crippen LogP contribution in [-0.4, -0.2) is 43.0 Å². The van der Waals surface area contributed by atoms with Crippen molar-refractivity contribution in [1.82, 2.24) is 14.9 Å². The first-order chi connectivity index (χ1) is 9.38. The molecule has 7 nitrogen and oxygen atoms in total. The van der Waals surface area contributed by atoms with E-state index in [1.807, 2.05) is 13.8 Å². The fourth-order valence-electron chi connectivity index (χ4n) is 1.66. The number of H-pyrrole nitrogens is 1. The van der Waals surface area contributed by atoms with Gasteiger partial charge in [0.2, 0.25) is 0 Å². The second kappa shape index (κ2) is 7.72.